The Morgan fingerprint density at radius 1 is 1.39 bits per heavy atom. The first-order valence-corrected chi connectivity index (χ1v) is 7.14. The van der Waals surface area contributed by atoms with Crippen molar-refractivity contribution in [2.75, 3.05) is 11.1 Å². The summed E-state index contributed by atoms with van der Waals surface area (Å²) in [5, 5.41) is 20.4. The molecule has 0 aliphatic heterocycles. The van der Waals surface area contributed by atoms with Crippen molar-refractivity contribution in [3.05, 3.63) is 52.8 Å². The minimum atomic E-state index is -1.20. The second kappa shape index (κ2) is 6.18. The highest BCUT2D eigenvalue weighted by molar-refractivity contribution is 6.04. The second-order valence-electron chi connectivity index (χ2n) is 5.85. The van der Waals surface area contributed by atoms with Crippen LogP contribution in [0.1, 0.15) is 41.2 Å². The lowest BCUT2D eigenvalue weighted by Crippen LogP contribution is -2.22. The van der Waals surface area contributed by atoms with Gasteiger partial charge in [0.2, 0.25) is 0 Å². The summed E-state index contributed by atoms with van der Waals surface area (Å²) in [6.45, 7) is 5.01. The topological polar surface area (TPSA) is 112 Å². The molecule has 120 valence electrons. The van der Waals surface area contributed by atoms with Gasteiger partial charge in [0.25, 0.3) is 5.91 Å². The normalized spacial score (nSPS) is 11.1. The number of amides is 1. The highest BCUT2D eigenvalue weighted by atomic mass is 16.3. The third-order valence-electron chi connectivity index (χ3n) is 3.41. The van der Waals surface area contributed by atoms with E-state index in [2.05, 4.69) is 10.3 Å². The number of nitrogens with zero attached hydrogens (tertiary/aromatic N) is 1. The Morgan fingerprint density at radius 2 is 2.09 bits per heavy atom. The average molecular weight is 312 g/mol. The van der Waals surface area contributed by atoms with E-state index >= 15 is 0 Å². The molecule has 2 aromatic rings. The van der Waals surface area contributed by atoms with E-state index < -0.39 is 5.60 Å². The first kappa shape index (κ1) is 16.6. The SMILES string of the molecule is Cc1cccc(C(=O)Nc2cc(C=N)c(N)cc2C(C)(C)O)n1. The lowest BCUT2D eigenvalue weighted by Gasteiger charge is -2.23. The summed E-state index contributed by atoms with van der Waals surface area (Å²) in [6.07, 6.45) is 1.10. The second-order valence-corrected chi connectivity index (χ2v) is 5.85. The molecule has 0 aliphatic rings. The zero-order valence-corrected chi connectivity index (χ0v) is 13.3. The predicted molar refractivity (Wildman–Crippen MR) is 90.9 cm³/mol. The molecule has 5 N–H and O–H groups in total. The third kappa shape index (κ3) is 3.73. The number of nitrogens with one attached hydrogen (secondary N) is 2. The molecule has 1 aromatic carbocycles. The molecular formula is C17H20N4O2. The van der Waals surface area contributed by atoms with E-state index in [4.69, 9.17) is 11.1 Å². The Bertz CT molecular complexity index is 764. The minimum Gasteiger partial charge on any atom is -0.398 e. The summed E-state index contributed by atoms with van der Waals surface area (Å²) in [6, 6.07) is 8.31. The number of aliphatic hydroxyl groups is 1. The summed E-state index contributed by atoms with van der Waals surface area (Å²) in [4.78, 5) is 16.6. The molecule has 6 heteroatoms. The molecule has 2 rings (SSSR count). The van der Waals surface area contributed by atoms with Gasteiger partial charge in [0.15, 0.2) is 0 Å². The van der Waals surface area contributed by atoms with Gasteiger partial charge in [-0.25, -0.2) is 4.98 Å². The van der Waals surface area contributed by atoms with Crippen LogP contribution in [0.2, 0.25) is 0 Å². The van der Waals surface area contributed by atoms with Crippen LogP contribution in [0.5, 0.6) is 0 Å². The summed E-state index contributed by atoms with van der Waals surface area (Å²) >= 11 is 0. The first-order valence-electron chi connectivity index (χ1n) is 7.14. The Balaban J connectivity index is 2.45. The van der Waals surface area contributed by atoms with Crippen molar-refractivity contribution in [2.24, 2.45) is 0 Å². The van der Waals surface area contributed by atoms with Crippen molar-refractivity contribution >= 4 is 23.5 Å². The highest BCUT2D eigenvalue weighted by Crippen LogP contribution is 2.31. The van der Waals surface area contributed by atoms with E-state index in [1.807, 2.05) is 0 Å². The Morgan fingerprint density at radius 3 is 2.65 bits per heavy atom. The van der Waals surface area contributed by atoms with Crippen molar-refractivity contribution in [2.45, 2.75) is 26.4 Å². The van der Waals surface area contributed by atoms with E-state index in [9.17, 15) is 9.90 Å². The number of nitrogen functional groups attached to an aromatic ring is 1. The first-order chi connectivity index (χ1) is 10.7. The van der Waals surface area contributed by atoms with Crippen molar-refractivity contribution < 1.29 is 9.90 Å². The van der Waals surface area contributed by atoms with Gasteiger partial charge < -0.3 is 21.6 Å². The van der Waals surface area contributed by atoms with E-state index in [1.54, 1.807) is 51.1 Å². The van der Waals surface area contributed by atoms with Gasteiger partial charge >= 0.3 is 0 Å². The molecule has 1 heterocycles. The summed E-state index contributed by atoms with van der Waals surface area (Å²) in [7, 11) is 0. The van der Waals surface area contributed by atoms with Crippen molar-refractivity contribution in [1.29, 1.82) is 5.41 Å². The van der Waals surface area contributed by atoms with Crippen LogP contribution in [0.3, 0.4) is 0 Å². The zero-order valence-electron chi connectivity index (χ0n) is 13.3. The molecule has 1 aromatic heterocycles. The molecule has 0 saturated carbocycles. The van der Waals surface area contributed by atoms with Crippen LogP contribution < -0.4 is 11.1 Å². The number of nitrogens with two attached hydrogens (primary N) is 1. The molecule has 0 aliphatic carbocycles. The lowest BCUT2D eigenvalue weighted by atomic mass is 9.94. The number of hydrogen-bond donors (Lipinski definition) is 4. The lowest BCUT2D eigenvalue weighted by molar-refractivity contribution is 0.0793. The number of anilines is 2. The average Bonchev–Trinajstić information content (AvgIpc) is 2.47. The van der Waals surface area contributed by atoms with Gasteiger partial charge in [0.1, 0.15) is 5.69 Å². The Labute approximate surface area is 134 Å². The molecule has 23 heavy (non-hydrogen) atoms. The van der Waals surface area contributed by atoms with Crippen LogP contribution in [0.15, 0.2) is 30.3 Å². The number of hydrogen-bond acceptors (Lipinski definition) is 5. The van der Waals surface area contributed by atoms with E-state index in [0.29, 0.717) is 22.5 Å². The number of carbonyl (C=O) groups excluding carboxylic acids is 1. The molecular weight excluding hydrogens is 292 g/mol. The fourth-order valence-electron chi connectivity index (χ4n) is 2.22. The predicted octanol–water partition coefficient (Wildman–Crippen LogP) is 2.45. The fourth-order valence-corrected chi connectivity index (χ4v) is 2.22. The van der Waals surface area contributed by atoms with Gasteiger partial charge in [-0.2, -0.15) is 0 Å². The monoisotopic (exact) mass is 312 g/mol. The molecule has 0 saturated heterocycles. The van der Waals surface area contributed by atoms with Crippen molar-refractivity contribution in [3.8, 4) is 0 Å². The number of pyridine rings is 1. The van der Waals surface area contributed by atoms with Crippen LogP contribution in [0.25, 0.3) is 0 Å². The molecule has 0 bridgehead atoms. The van der Waals surface area contributed by atoms with Crippen molar-refractivity contribution in [3.63, 3.8) is 0 Å². The van der Waals surface area contributed by atoms with Crippen LogP contribution >= 0.6 is 0 Å². The van der Waals surface area contributed by atoms with Crippen LogP contribution in [-0.2, 0) is 5.60 Å². The van der Waals surface area contributed by atoms with E-state index in [-0.39, 0.29) is 11.6 Å². The molecule has 0 unspecified atom stereocenters. The summed E-state index contributed by atoms with van der Waals surface area (Å²) in [5.74, 6) is -0.389. The molecule has 0 radical (unpaired) electrons. The molecule has 1 amide bonds. The fraction of sp³-hybridized carbons (Fsp3) is 0.235. The summed E-state index contributed by atoms with van der Waals surface area (Å²) < 4.78 is 0. The smallest absolute Gasteiger partial charge is 0.274 e. The molecule has 6 nitrogen and oxygen atoms in total. The maximum Gasteiger partial charge on any atom is 0.274 e. The highest BCUT2D eigenvalue weighted by Gasteiger charge is 2.23. The number of benzene rings is 1. The molecule has 0 atom stereocenters. The van der Waals surface area contributed by atoms with Gasteiger partial charge in [-0.3, -0.25) is 4.79 Å². The van der Waals surface area contributed by atoms with Gasteiger partial charge in [-0.05, 0) is 45.0 Å². The molecule has 0 fully saturated rings. The molecule has 0 spiro atoms. The number of aryl methyl sites for hydroxylation is 1. The quantitative estimate of drug-likeness (QED) is 0.513. The zero-order chi connectivity index (χ0) is 17.2. The van der Waals surface area contributed by atoms with Gasteiger partial charge in [-0.15, -0.1) is 0 Å². The van der Waals surface area contributed by atoms with Gasteiger partial charge in [0.05, 0.1) is 5.60 Å². The number of rotatable bonds is 4. The largest absolute Gasteiger partial charge is 0.398 e. The summed E-state index contributed by atoms with van der Waals surface area (Å²) in [5.41, 5.74) is 7.39. The number of carbonyl (C=O) groups is 1. The van der Waals surface area contributed by atoms with Gasteiger partial charge in [-0.1, -0.05) is 6.07 Å². The maximum atomic E-state index is 12.4. The van der Waals surface area contributed by atoms with Crippen LogP contribution in [-0.4, -0.2) is 22.2 Å². The minimum absolute atomic E-state index is 0.278. The van der Waals surface area contributed by atoms with Crippen LogP contribution in [0, 0.1) is 12.3 Å². The maximum absolute atomic E-state index is 12.4. The van der Waals surface area contributed by atoms with Crippen LogP contribution in [0.4, 0.5) is 11.4 Å². The third-order valence-corrected chi connectivity index (χ3v) is 3.41. The number of aromatic nitrogens is 1. The Kier molecular flexibility index (Phi) is 4.47. The Hall–Kier alpha value is -2.73. The van der Waals surface area contributed by atoms with Crippen molar-refractivity contribution in [1.82, 2.24) is 4.98 Å². The standard InChI is InChI=1S/C17H20N4O2/c1-10-5-4-6-14(20-10)16(22)21-15-7-11(9-18)13(19)8-12(15)17(2,3)23/h4-9,18,23H,19H2,1-3H3,(H,21,22). The van der Waals surface area contributed by atoms with Gasteiger partial charge in [0, 0.05) is 34.4 Å². The van der Waals surface area contributed by atoms with E-state index in [1.165, 1.54) is 0 Å². The van der Waals surface area contributed by atoms with E-state index in [0.717, 1.165) is 11.9 Å².